The van der Waals surface area contributed by atoms with E-state index in [9.17, 15) is 9.90 Å². The molecule has 1 fully saturated rings. The van der Waals surface area contributed by atoms with Crippen LogP contribution in [0.4, 0.5) is 0 Å². The van der Waals surface area contributed by atoms with E-state index in [-0.39, 0.29) is 24.0 Å². The molecule has 0 saturated carbocycles. The van der Waals surface area contributed by atoms with Crippen molar-refractivity contribution in [3.8, 4) is 0 Å². The van der Waals surface area contributed by atoms with Gasteiger partial charge < -0.3 is 15.3 Å². The highest BCUT2D eigenvalue weighted by molar-refractivity contribution is 5.76. The summed E-state index contributed by atoms with van der Waals surface area (Å²) in [7, 11) is 0. The average Bonchev–Trinajstić information content (AvgIpc) is 2.59. The van der Waals surface area contributed by atoms with Crippen molar-refractivity contribution in [2.24, 2.45) is 5.41 Å². The highest BCUT2D eigenvalue weighted by Gasteiger charge is 2.27. The van der Waals surface area contributed by atoms with Gasteiger partial charge in [0, 0.05) is 25.6 Å². The lowest BCUT2D eigenvalue weighted by atomic mass is 9.91. The molecular weight excluding hydrogens is 312 g/mol. The van der Waals surface area contributed by atoms with Crippen molar-refractivity contribution in [2.45, 2.75) is 65.5 Å². The van der Waals surface area contributed by atoms with Crippen molar-refractivity contribution < 1.29 is 9.90 Å². The molecule has 1 amide bonds. The number of aliphatic hydroxyl groups is 1. The zero-order valence-corrected chi connectivity index (χ0v) is 16.2. The summed E-state index contributed by atoms with van der Waals surface area (Å²) in [6.45, 7) is 10.2. The molecule has 1 heterocycles. The van der Waals surface area contributed by atoms with Gasteiger partial charge in [0.1, 0.15) is 0 Å². The number of nitrogens with zero attached hydrogens (tertiary/aromatic N) is 1. The summed E-state index contributed by atoms with van der Waals surface area (Å²) < 4.78 is 0. The Bertz CT molecular complexity index is 540. The minimum Gasteiger partial charge on any atom is -0.394 e. The fourth-order valence-corrected chi connectivity index (χ4v) is 3.39. The van der Waals surface area contributed by atoms with E-state index in [0.717, 1.165) is 37.9 Å². The number of rotatable bonds is 6. The maximum atomic E-state index is 12.3. The summed E-state index contributed by atoms with van der Waals surface area (Å²) >= 11 is 0. The summed E-state index contributed by atoms with van der Waals surface area (Å²) in [4.78, 5) is 14.3. The van der Waals surface area contributed by atoms with Crippen LogP contribution in [0.2, 0.25) is 0 Å². The number of hydrogen-bond acceptors (Lipinski definition) is 3. The number of aryl methyl sites for hydroxylation is 1. The average molecular weight is 347 g/mol. The van der Waals surface area contributed by atoms with E-state index in [2.05, 4.69) is 57.3 Å². The lowest BCUT2D eigenvalue weighted by Crippen LogP contribution is -2.46. The third kappa shape index (κ3) is 6.12. The van der Waals surface area contributed by atoms with Crippen molar-refractivity contribution in [3.63, 3.8) is 0 Å². The molecule has 0 bridgehead atoms. The first-order valence-electron chi connectivity index (χ1n) is 9.56. The third-order valence-corrected chi connectivity index (χ3v) is 4.94. The maximum absolute atomic E-state index is 12.3. The molecule has 1 unspecified atom stereocenters. The van der Waals surface area contributed by atoms with E-state index in [1.54, 1.807) is 0 Å². The second-order valence-corrected chi connectivity index (χ2v) is 8.39. The van der Waals surface area contributed by atoms with Gasteiger partial charge in [0.15, 0.2) is 0 Å². The molecule has 1 atom stereocenters. The van der Waals surface area contributed by atoms with Crippen LogP contribution in [0.1, 0.15) is 64.1 Å². The Morgan fingerprint density at radius 2 is 1.84 bits per heavy atom. The van der Waals surface area contributed by atoms with E-state index < -0.39 is 0 Å². The number of carbonyl (C=O) groups excluding carboxylic acids is 1. The summed E-state index contributed by atoms with van der Waals surface area (Å²) in [6, 6.07) is 8.79. The molecule has 25 heavy (non-hydrogen) atoms. The lowest BCUT2D eigenvalue weighted by Gasteiger charge is -2.35. The Hall–Kier alpha value is -1.39. The van der Waals surface area contributed by atoms with Gasteiger partial charge in [-0.2, -0.15) is 0 Å². The lowest BCUT2D eigenvalue weighted by molar-refractivity contribution is -0.134. The molecular formula is C21H34N2O2. The molecule has 2 N–H and O–H groups in total. The van der Waals surface area contributed by atoms with Crippen molar-refractivity contribution >= 4 is 5.91 Å². The van der Waals surface area contributed by atoms with Crippen molar-refractivity contribution in [1.82, 2.24) is 10.2 Å². The van der Waals surface area contributed by atoms with E-state index in [4.69, 9.17) is 0 Å². The normalized spacial score (nSPS) is 17.6. The molecule has 1 aromatic carbocycles. The summed E-state index contributed by atoms with van der Waals surface area (Å²) in [5, 5.41) is 13.4. The van der Waals surface area contributed by atoms with E-state index in [1.165, 1.54) is 5.56 Å². The van der Waals surface area contributed by atoms with Gasteiger partial charge in [-0.25, -0.2) is 0 Å². The number of benzene rings is 1. The molecule has 0 aliphatic carbocycles. The van der Waals surface area contributed by atoms with Gasteiger partial charge in [-0.1, -0.05) is 52.0 Å². The second kappa shape index (κ2) is 8.81. The predicted molar refractivity (Wildman–Crippen MR) is 102 cm³/mol. The molecule has 2 rings (SSSR count). The van der Waals surface area contributed by atoms with Crippen LogP contribution in [-0.2, 0) is 11.2 Å². The van der Waals surface area contributed by atoms with Crippen LogP contribution in [0.3, 0.4) is 0 Å². The van der Waals surface area contributed by atoms with Crippen LogP contribution in [0.5, 0.6) is 0 Å². The molecule has 4 heteroatoms. The molecule has 0 spiro atoms. The van der Waals surface area contributed by atoms with Gasteiger partial charge in [-0.15, -0.1) is 0 Å². The van der Waals surface area contributed by atoms with Gasteiger partial charge in [0.05, 0.1) is 12.6 Å². The topological polar surface area (TPSA) is 52.6 Å². The van der Waals surface area contributed by atoms with Crippen LogP contribution in [-0.4, -0.2) is 41.7 Å². The van der Waals surface area contributed by atoms with Crippen molar-refractivity contribution in [1.29, 1.82) is 0 Å². The SMILES string of the molecule is CCc1ccc(C(CO)NC2CCN(C(=O)CC(C)(C)C)CC2)cc1. The molecule has 1 aliphatic rings. The Morgan fingerprint density at radius 1 is 1.24 bits per heavy atom. The number of hydrogen-bond donors (Lipinski definition) is 2. The maximum Gasteiger partial charge on any atom is 0.223 e. The van der Waals surface area contributed by atoms with Crippen LogP contribution in [0.15, 0.2) is 24.3 Å². The first kappa shape index (κ1) is 19.9. The number of carbonyl (C=O) groups is 1. The fourth-order valence-electron chi connectivity index (χ4n) is 3.39. The molecule has 1 saturated heterocycles. The van der Waals surface area contributed by atoms with E-state index in [0.29, 0.717) is 12.5 Å². The van der Waals surface area contributed by atoms with Crippen LogP contribution >= 0.6 is 0 Å². The second-order valence-electron chi connectivity index (χ2n) is 8.39. The van der Waals surface area contributed by atoms with Crippen LogP contribution < -0.4 is 5.32 Å². The quantitative estimate of drug-likeness (QED) is 0.831. The first-order valence-corrected chi connectivity index (χ1v) is 9.56. The minimum absolute atomic E-state index is 0.0345. The smallest absolute Gasteiger partial charge is 0.223 e. The van der Waals surface area contributed by atoms with Gasteiger partial charge in [-0.05, 0) is 35.8 Å². The van der Waals surface area contributed by atoms with Gasteiger partial charge in [0.2, 0.25) is 5.91 Å². The number of amides is 1. The minimum atomic E-state index is -0.0345. The highest BCUT2D eigenvalue weighted by Crippen LogP contribution is 2.23. The Morgan fingerprint density at radius 3 is 2.32 bits per heavy atom. The largest absolute Gasteiger partial charge is 0.394 e. The first-order chi connectivity index (χ1) is 11.8. The fraction of sp³-hybridized carbons (Fsp3) is 0.667. The number of nitrogens with one attached hydrogen (secondary N) is 1. The Labute approximate surface area is 152 Å². The standard InChI is InChI=1S/C21H34N2O2/c1-5-16-6-8-17(9-7-16)19(15-24)22-18-10-12-23(13-11-18)20(25)14-21(2,3)4/h6-9,18-19,22,24H,5,10-15H2,1-4H3. The van der Waals surface area contributed by atoms with Crippen LogP contribution in [0.25, 0.3) is 0 Å². The number of piperidine rings is 1. The third-order valence-electron chi connectivity index (χ3n) is 4.94. The summed E-state index contributed by atoms with van der Waals surface area (Å²) in [5.74, 6) is 0.264. The van der Waals surface area contributed by atoms with Gasteiger partial charge in [-0.3, -0.25) is 4.79 Å². The Kier molecular flexibility index (Phi) is 7.03. The zero-order chi connectivity index (χ0) is 18.4. The summed E-state index contributed by atoms with van der Waals surface area (Å²) in [6.07, 6.45) is 3.52. The van der Waals surface area contributed by atoms with Crippen LogP contribution in [0, 0.1) is 5.41 Å². The predicted octanol–water partition coefficient (Wildman–Crippen LogP) is 3.30. The summed E-state index contributed by atoms with van der Waals surface area (Å²) in [5.41, 5.74) is 2.48. The van der Waals surface area contributed by atoms with Crippen molar-refractivity contribution in [2.75, 3.05) is 19.7 Å². The number of likely N-dealkylation sites (tertiary alicyclic amines) is 1. The monoisotopic (exact) mass is 346 g/mol. The Balaban J connectivity index is 1.86. The molecule has 0 radical (unpaired) electrons. The number of aliphatic hydroxyl groups excluding tert-OH is 1. The molecule has 1 aromatic rings. The van der Waals surface area contributed by atoms with Gasteiger partial charge >= 0.3 is 0 Å². The van der Waals surface area contributed by atoms with Crippen molar-refractivity contribution in [3.05, 3.63) is 35.4 Å². The highest BCUT2D eigenvalue weighted by atomic mass is 16.3. The van der Waals surface area contributed by atoms with E-state index in [1.807, 2.05) is 4.90 Å². The molecule has 140 valence electrons. The van der Waals surface area contributed by atoms with Gasteiger partial charge in [0.25, 0.3) is 0 Å². The zero-order valence-electron chi connectivity index (χ0n) is 16.2. The molecule has 1 aliphatic heterocycles. The molecule has 0 aromatic heterocycles. The molecule has 4 nitrogen and oxygen atoms in total. The van der Waals surface area contributed by atoms with E-state index >= 15 is 0 Å².